The molecule has 1 heterocycles. The number of hydrogen-bond donors (Lipinski definition) is 0. The van der Waals surface area contributed by atoms with Gasteiger partial charge in [0.2, 0.25) is 0 Å². The van der Waals surface area contributed by atoms with Gasteiger partial charge in [-0.25, -0.2) is 8.78 Å². The highest BCUT2D eigenvalue weighted by Gasteiger charge is 2.24. The zero-order valence-corrected chi connectivity index (χ0v) is 12.0. The van der Waals surface area contributed by atoms with Gasteiger partial charge in [-0.3, -0.25) is 4.79 Å². The van der Waals surface area contributed by atoms with Crippen molar-refractivity contribution in [3.8, 4) is 0 Å². The third-order valence-electron chi connectivity index (χ3n) is 3.84. The fourth-order valence-corrected chi connectivity index (χ4v) is 2.65. The minimum atomic E-state index is -0.500. The molecule has 5 heteroatoms. The van der Waals surface area contributed by atoms with E-state index in [1.165, 1.54) is 24.3 Å². The van der Waals surface area contributed by atoms with Crippen LogP contribution in [-0.4, -0.2) is 37.0 Å². The van der Waals surface area contributed by atoms with Gasteiger partial charge in [-0.2, -0.15) is 0 Å². The van der Waals surface area contributed by atoms with Crippen molar-refractivity contribution in [3.05, 3.63) is 65.7 Å². The second kappa shape index (κ2) is 6.13. The van der Waals surface area contributed by atoms with Crippen LogP contribution in [0.4, 0.5) is 14.5 Å². The van der Waals surface area contributed by atoms with Gasteiger partial charge in [-0.15, -0.1) is 0 Å². The van der Waals surface area contributed by atoms with Crippen LogP contribution in [0.25, 0.3) is 0 Å². The molecule has 1 fully saturated rings. The van der Waals surface area contributed by atoms with Crippen molar-refractivity contribution < 1.29 is 13.6 Å². The van der Waals surface area contributed by atoms with Crippen molar-refractivity contribution >= 4 is 11.6 Å². The lowest BCUT2D eigenvalue weighted by molar-refractivity contribution is 0.0742. The number of halogens is 2. The summed E-state index contributed by atoms with van der Waals surface area (Å²) in [6, 6.07) is 12.4. The topological polar surface area (TPSA) is 23.6 Å². The van der Waals surface area contributed by atoms with E-state index in [0.717, 1.165) is 5.69 Å². The van der Waals surface area contributed by atoms with Gasteiger partial charge in [0.1, 0.15) is 11.6 Å². The van der Waals surface area contributed by atoms with Crippen LogP contribution in [0.2, 0.25) is 0 Å². The van der Waals surface area contributed by atoms with E-state index in [2.05, 4.69) is 0 Å². The Kier molecular flexibility index (Phi) is 4.04. The average molecular weight is 302 g/mol. The molecule has 1 aliphatic heterocycles. The average Bonchev–Trinajstić information content (AvgIpc) is 2.55. The molecule has 0 bridgehead atoms. The molecule has 114 valence electrons. The molecule has 0 unspecified atom stereocenters. The zero-order chi connectivity index (χ0) is 15.5. The number of benzene rings is 2. The van der Waals surface area contributed by atoms with Crippen LogP contribution in [0.15, 0.2) is 48.5 Å². The summed E-state index contributed by atoms with van der Waals surface area (Å²) in [5.41, 5.74) is 0.902. The maximum Gasteiger partial charge on any atom is 0.256 e. The molecule has 0 radical (unpaired) electrons. The molecular formula is C17H16F2N2O. The Hall–Kier alpha value is -2.43. The fourth-order valence-electron chi connectivity index (χ4n) is 2.65. The molecule has 0 spiro atoms. The zero-order valence-electron chi connectivity index (χ0n) is 12.0. The largest absolute Gasteiger partial charge is 0.368 e. The summed E-state index contributed by atoms with van der Waals surface area (Å²) in [5, 5.41) is 0. The van der Waals surface area contributed by atoms with E-state index in [0.29, 0.717) is 26.2 Å². The van der Waals surface area contributed by atoms with E-state index >= 15 is 0 Å². The molecular weight excluding hydrogens is 286 g/mol. The van der Waals surface area contributed by atoms with Crippen molar-refractivity contribution in [2.24, 2.45) is 0 Å². The van der Waals surface area contributed by atoms with Crippen LogP contribution in [0.1, 0.15) is 10.4 Å². The second-order valence-electron chi connectivity index (χ2n) is 5.24. The fraction of sp³-hybridized carbons (Fsp3) is 0.235. The number of rotatable bonds is 2. The normalized spacial score (nSPS) is 15.0. The number of piperazine rings is 1. The minimum absolute atomic E-state index is 0.0988. The molecule has 0 aliphatic carbocycles. The lowest BCUT2D eigenvalue weighted by Crippen LogP contribution is -2.49. The number of hydrogen-bond acceptors (Lipinski definition) is 2. The van der Waals surface area contributed by atoms with Gasteiger partial charge in [0.15, 0.2) is 0 Å². The summed E-state index contributed by atoms with van der Waals surface area (Å²) in [5.74, 6) is -1.07. The van der Waals surface area contributed by atoms with E-state index in [-0.39, 0.29) is 17.3 Å². The van der Waals surface area contributed by atoms with Gasteiger partial charge < -0.3 is 9.80 Å². The van der Waals surface area contributed by atoms with Crippen LogP contribution in [0.3, 0.4) is 0 Å². The molecule has 1 aliphatic rings. The first-order chi connectivity index (χ1) is 10.6. The van der Waals surface area contributed by atoms with Crippen LogP contribution < -0.4 is 4.90 Å². The first kappa shape index (κ1) is 14.5. The Balaban J connectivity index is 1.67. The SMILES string of the molecule is O=C(c1ccccc1F)N1CCN(c2cccc(F)c2)CC1. The van der Waals surface area contributed by atoms with E-state index in [1.807, 2.05) is 11.0 Å². The van der Waals surface area contributed by atoms with Gasteiger partial charge in [0, 0.05) is 31.9 Å². The second-order valence-corrected chi connectivity index (χ2v) is 5.24. The van der Waals surface area contributed by atoms with E-state index in [9.17, 15) is 13.6 Å². The molecule has 0 N–H and O–H groups in total. The molecule has 0 aromatic heterocycles. The Morgan fingerprint density at radius 3 is 2.32 bits per heavy atom. The smallest absolute Gasteiger partial charge is 0.256 e. The molecule has 2 aromatic rings. The molecule has 0 atom stereocenters. The van der Waals surface area contributed by atoms with Gasteiger partial charge in [-0.05, 0) is 30.3 Å². The molecule has 2 aromatic carbocycles. The lowest BCUT2D eigenvalue weighted by Gasteiger charge is -2.36. The summed E-state index contributed by atoms with van der Waals surface area (Å²) < 4.78 is 26.9. The van der Waals surface area contributed by atoms with Crippen molar-refractivity contribution in [1.82, 2.24) is 4.90 Å². The van der Waals surface area contributed by atoms with Crippen LogP contribution in [0.5, 0.6) is 0 Å². The van der Waals surface area contributed by atoms with Crippen molar-refractivity contribution in [3.63, 3.8) is 0 Å². The number of anilines is 1. The third kappa shape index (κ3) is 2.93. The maximum atomic E-state index is 13.7. The third-order valence-corrected chi connectivity index (χ3v) is 3.84. The number of carbonyl (C=O) groups excluding carboxylic acids is 1. The molecule has 3 rings (SSSR count). The minimum Gasteiger partial charge on any atom is -0.368 e. The lowest BCUT2D eigenvalue weighted by atomic mass is 10.1. The number of nitrogens with zero attached hydrogens (tertiary/aromatic N) is 2. The van der Waals surface area contributed by atoms with Gasteiger partial charge >= 0.3 is 0 Å². The quantitative estimate of drug-likeness (QED) is 0.851. The van der Waals surface area contributed by atoms with Crippen LogP contribution >= 0.6 is 0 Å². The van der Waals surface area contributed by atoms with Gasteiger partial charge in [0.05, 0.1) is 5.56 Å². The van der Waals surface area contributed by atoms with Crippen molar-refractivity contribution in [1.29, 1.82) is 0 Å². The standard InChI is InChI=1S/C17H16F2N2O/c18-13-4-3-5-14(12-13)20-8-10-21(11-9-20)17(22)15-6-1-2-7-16(15)19/h1-7,12H,8-11H2. The van der Waals surface area contributed by atoms with Crippen LogP contribution in [0, 0.1) is 11.6 Å². The monoisotopic (exact) mass is 302 g/mol. The van der Waals surface area contributed by atoms with E-state index in [1.54, 1.807) is 23.1 Å². The predicted octanol–water partition coefficient (Wildman–Crippen LogP) is 2.93. The summed E-state index contributed by atoms with van der Waals surface area (Å²) in [6.45, 7) is 2.18. The predicted molar refractivity (Wildman–Crippen MR) is 80.9 cm³/mol. The number of carbonyl (C=O) groups is 1. The summed E-state index contributed by atoms with van der Waals surface area (Å²) in [4.78, 5) is 16.0. The van der Waals surface area contributed by atoms with Crippen molar-refractivity contribution in [2.45, 2.75) is 0 Å². The van der Waals surface area contributed by atoms with Crippen molar-refractivity contribution in [2.75, 3.05) is 31.1 Å². The highest BCUT2D eigenvalue weighted by atomic mass is 19.1. The summed E-state index contributed by atoms with van der Waals surface area (Å²) >= 11 is 0. The molecule has 0 saturated carbocycles. The molecule has 22 heavy (non-hydrogen) atoms. The van der Waals surface area contributed by atoms with Gasteiger partial charge in [0.25, 0.3) is 5.91 Å². The Morgan fingerprint density at radius 1 is 0.909 bits per heavy atom. The van der Waals surface area contributed by atoms with E-state index < -0.39 is 5.82 Å². The molecule has 1 amide bonds. The summed E-state index contributed by atoms with van der Waals surface area (Å²) in [6.07, 6.45) is 0. The number of amides is 1. The first-order valence-corrected chi connectivity index (χ1v) is 7.19. The highest BCUT2D eigenvalue weighted by molar-refractivity contribution is 5.94. The van der Waals surface area contributed by atoms with Crippen LogP contribution in [-0.2, 0) is 0 Å². The molecule has 1 saturated heterocycles. The Labute approximate surface area is 127 Å². The first-order valence-electron chi connectivity index (χ1n) is 7.19. The van der Waals surface area contributed by atoms with Gasteiger partial charge in [-0.1, -0.05) is 18.2 Å². The van der Waals surface area contributed by atoms with E-state index in [4.69, 9.17) is 0 Å². The molecule has 3 nitrogen and oxygen atoms in total. The maximum absolute atomic E-state index is 13.7. The Morgan fingerprint density at radius 2 is 1.64 bits per heavy atom. The Bertz CT molecular complexity index is 682. The highest BCUT2D eigenvalue weighted by Crippen LogP contribution is 2.19. The summed E-state index contributed by atoms with van der Waals surface area (Å²) in [7, 11) is 0.